The summed E-state index contributed by atoms with van der Waals surface area (Å²) < 4.78 is 4.57. The van der Waals surface area contributed by atoms with E-state index in [-0.39, 0.29) is 5.41 Å². The topological polar surface area (TPSA) is 48.5 Å². The Morgan fingerprint density at radius 3 is 1.83 bits per heavy atom. The summed E-state index contributed by atoms with van der Waals surface area (Å²) in [6.07, 6.45) is 3.11. The summed E-state index contributed by atoms with van der Waals surface area (Å²) >= 11 is 0. The molecule has 0 atom stereocenters. The van der Waals surface area contributed by atoms with Gasteiger partial charge in [0.2, 0.25) is 5.95 Å². The molecule has 41 heavy (non-hydrogen) atoms. The zero-order chi connectivity index (χ0) is 27.3. The molecule has 1 aliphatic rings. The Hall–Kier alpha value is -5.29. The molecule has 0 bridgehead atoms. The molecule has 1 aliphatic carbocycles. The molecule has 0 amide bonds. The first kappa shape index (κ1) is 22.5. The average Bonchev–Trinajstić information content (AvgIpc) is 3.60. The zero-order valence-corrected chi connectivity index (χ0v) is 22.7. The third-order valence-corrected chi connectivity index (χ3v) is 8.97. The lowest BCUT2D eigenvalue weighted by Crippen LogP contribution is -2.14. The molecular weight excluding hydrogens is 502 g/mol. The van der Waals surface area contributed by atoms with Crippen LogP contribution in [0.3, 0.4) is 0 Å². The van der Waals surface area contributed by atoms with E-state index in [1.54, 1.807) is 12.7 Å². The van der Waals surface area contributed by atoms with Crippen molar-refractivity contribution in [1.29, 1.82) is 0 Å². The monoisotopic (exact) mass is 527 g/mol. The van der Waals surface area contributed by atoms with Crippen molar-refractivity contribution in [3.8, 4) is 22.8 Å². The van der Waals surface area contributed by atoms with Gasteiger partial charge in [0, 0.05) is 32.6 Å². The van der Waals surface area contributed by atoms with Crippen molar-refractivity contribution in [2.24, 2.45) is 0 Å². The molecule has 0 N–H and O–H groups in total. The summed E-state index contributed by atoms with van der Waals surface area (Å²) in [6, 6.07) is 37.7. The van der Waals surface area contributed by atoms with Crippen LogP contribution >= 0.6 is 0 Å². The lowest BCUT2D eigenvalue weighted by atomic mass is 9.82. The number of aromatic nitrogens is 5. The summed E-state index contributed by atoms with van der Waals surface area (Å²) in [4.78, 5) is 13.1. The smallest absolute Gasteiger partial charge is 0.237 e. The second kappa shape index (κ2) is 7.89. The van der Waals surface area contributed by atoms with Crippen LogP contribution < -0.4 is 0 Å². The van der Waals surface area contributed by atoms with E-state index < -0.39 is 0 Å². The largest absolute Gasteiger partial charge is 0.309 e. The lowest BCUT2D eigenvalue weighted by Gasteiger charge is -2.21. The maximum absolute atomic E-state index is 4.52. The molecule has 0 saturated carbocycles. The average molecular weight is 528 g/mol. The van der Waals surface area contributed by atoms with Gasteiger partial charge in [0.1, 0.15) is 12.7 Å². The first-order valence-electron chi connectivity index (χ1n) is 13.9. The van der Waals surface area contributed by atoms with Gasteiger partial charge in [-0.05, 0) is 58.7 Å². The van der Waals surface area contributed by atoms with Crippen LogP contribution in [-0.2, 0) is 5.41 Å². The molecule has 5 aromatic carbocycles. The Balaban J connectivity index is 1.39. The van der Waals surface area contributed by atoms with Crippen LogP contribution in [0.1, 0.15) is 25.0 Å². The van der Waals surface area contributed by atoms with Crippen molar-refractivity contribution in [1.82, 2.24) is 24.1 Å². The van der Waals surface area contributed by atoms with E-state index in [4.69, 9.17) is 0 Å². The van der Waals surface area contributed by atoms with E-state index in [0.717, 1.165) is 11.0 Å². The molecule has 0 unspecified atom stereocenters. The summed E-state index contributed by atoms with van der Waals surface area (Å²) in [5, 5.41) is 4.77. The third kappa shape index (κ3) is 2.92. The number of rotatable bonds is 2. The number of benzene rings is 5. The predicted octanol–water partition coefficient (Wildman–Crippen LogP) is 8.37. The zero-order valence-electron chi connectivity index (χ0n) is 22.7. The van der Waals surface area contributed by atoms with Gasteiger partial charge >= 0.3 is 0 Å². The molecule has 0 saturated heterocycles. The van der Waals surface area contributed by atoms with E-state index in [1.807, 2.05) is 0 Å². The molecule has 0 radical (unpaired) electrons. The fraction of sp³-hybridized carbons (Fsp3) is 0.0833. The van der Waals surface area contributed by atoms with Crippen LogP contribution in [0.2, 0.25) is 0 Å². The van der Waals surface area contributed by atoms with Crippen LogP contribution in [0.15, 0.2) is 116 Å². The Morgan fingerprint density at radius 2 is 1.10 bits per heavy atom. The first-order valence-corrected chi connectivity index (χ1v) is 13.9. The van der Waals surface area contributed by atoms with E-state index in [0.29, 0.717) is 5.95 Å². The van der Waals surface area contributed by atoms with Crippen molar-refractivity contribution in [2.75, 3.05) is 0 Å². The van der Waals surface area contributed by atoms with E-state index in [9.17, 15) is 0 Å². The van der Waals surface area contributed by atoms with Gasteiger partial charge in [-0.25, -0.2) is 15.0 Å². The highest BCUT2D eigenvalue weighted by Gasteiger charge is 2.35. The van der Waals surface area contributed by atoms with Crippen LogP contribution in [-0.4, -0.2) is 24.1 Å². The van der Waals surface area contributed by atoms with Gasteiger partial charge in [-0.15, -0.1) is 0 Å². The van der Waals surface area contributed by atoms with Gasteiger partial charge in [0.05, 0.1) is 22.1 Å². The van der Waals surface area contributed by atoms with E-state index in [1.165, 1.54) is 60.5 Å². The normalized spacial score (nSPS) is 13.8. The molecule has 0 spiro atoms. The molecule has 194 valence electrons. The van der Waals surface area contributed by atoms with Gasteiger partial charge < -0.3 is 4.57 Å². The maximum Gasteiger partial charge on any atom is 0.237 e. The molecular formula is C36H25N5. The summed E-state index contributed by atoms with van der Waals surface area (Å²) in [6.45, 7) is 4.66. The van der Waals surface area contributed by atoms with Crippen molar-refractivity contribution >= 4 is 43.6 Å². The standard InChI is InChI=1S/C36H25N5/c1-36(2)29-12-6-3-9-23(29)26-17-22(15-16-30(26)36)40-31-13-7-4-10-24(31)27-19-34-28(18-33(27)40)25-11-5-8-14-32(25)41(34)35-38-20-37-21-39-35/h3-21H,1-2H3. The van der Waals surface area contributed by atoms with E-state index in [2.05, 4.69) is 141 Å². The molecule has 0 aliphatic heterocycles. The number of fused-ring (bicyclic) bond motifs is 9. The molecule has 5 nitrogen and oxygen atoms in total. The molecule has 3 heterocycles. The van der Waals surface area contributed by atoms with Gasteiger partial charge in [0.15, 0.2) is 0 Å². The van der Waals surface area contributed by atoms with Crippen molar-refractivity contribution in [3.63, 3.8) is 0 Å². The quantitative estimate of drug-likeness (QED) is 0.227. The van der Waals surface area contributed by atoms with Gasteiger partial charge in [-0.1, -0.05) is 80.6 Å². The molecule has 8 aromatic rings. The summed E-state index contributed by atoms with van der Waals surface area (Å²) in [7, 11) is 0. The van der Waals surface area contributed by atoms with Crippen LogP contribution in [0.5, 0.6) is 0 Å². The Bertz CT molecular complexity index is 2340. The van der Waals surface area contributed by atoms with Crippen LogP contribution in [0, 0.1) is 0 Å². The van der Waals surface area contributed by atoms with Crippen LogP contribution in [0.4, 0.5) is 0 Å². The number of hydrogen-bond donors (Lipinski definition) is 0. The second-order valence-electron chi connectivity index (χ2n) is 11.4. The van der Waals surface area contributed by atoms with Gasteiger partial charge in [-0.2, -0.15) is 0 Å². The number of nitrogens with zero attached hydrogens (tertiary/aromatic N) is 5. The molecule has 5 heteroatoms. The Labute approximate surface area is 236 Å². The fourth-order valence-corrected chi connectivity index (χ4v) is 7.12. The Kier molecular flexibility index (Phi) is 4.33. The third-order valence-electron chi connectivity index (χ3n) is 8.97. The van der Waals surface area contributed by atoms with Gasteiger partial charge in [-0.3, -0.25) is 4.57 Å². The minimum Gasteiger partial charge on any atom is -0.309 e. The number of hydrogen-bond acceptors (Lipinski definition) is 3. The van der Waals surface area contributed by atoms with Crippen molar-refractivity contribution < 1.29 is 0 Å². The minimum atomic E-state index is -0.0195. The van der Waals surface area contributed by atoms with Crippen molar-refractivity contribution in [3.05, 3.63) is 127 Å². The second-order valence-corrected chi connectivity index (χ2v) is 11.4. The van der Waals surface area contributed by atoms with Crippen molar-refractivity contribution in [2.45, 2.75) is 19.3 Å². The first-order chi connectivity index (χ1) is 20.1. The number of para-hydroxylation sites is 2. The molecule has 0 fully saturated rings. The predicted molar refractivity (Wildman–Crippen MR) is 166 cm³/mol. The summed E-state index contributed by atoms with van der Waals surface area (Å²) in [5.41, 5.74) is 11.1. The SMILES string of the molecule is CC1(C)c2ccccc2-c2cc(-n3c4ccccc4c4cc5c(cc43)c3ccccc3n5-c3ncncn3)ccc21. The lowest BCUT2D eigenvalue weighted by molar-refractivity contribution is 0.660. The highest BCUT2D eigenvalue weighted by Crippen LogP contribution is 2.49. The maximum atomic E-state index is 4.52. The van der Waals surface area contributed by atoms with E-state index >= 15 is 0 Å². The highest BCUT2D eigenvalue weighted by atomic mass is 15.2. The minimum absolute atomic E-state index is 0.0195. The van der Waals surface area contributed by atoms with Gasteiger partial charge in [0.25, 0.3) is 0 Å². The summed E-state index contributed by atoms with van der Waals surface area (Å²) in [5.74, 6) is 0.620. The molecule has 9 rings (SSSR count). The Morgan fingerprint density at radius 1 is 0.512 bits per heavy atom. The fourth-order valence-electron chi connectivity index (χ4n) is 7.12. The molecule has 3 aromatic heterocycles. The van der Waals surface area contributed by atoms with Crippen LogP contribution in [0.25, 0.3) is 66.4 Å². The highest BCUT2D eigenvalue weighted by molar-refractivity contribution is 6.18.